The van der Waals surface area contributed by atoms with Gasteiger partial charge in [-0.1, -0.05) is 5.21 Å². The number of nitrogens with zero attached hydrogens (tertiary/aromatic N) is 7. The van der Waals surface area contributed by atoms with Crippen LogP contribution in [0.15, 0.2) is 48.8 Å². The SMILES string of the molecule is O=S(=O)(CCO)Nc1ccc(-n2cc(-c3cc(N4CCC(F)(F)CC4)c4nnccc4c3)nn2)c(N2CCC3(CC2)CC3)c1. The fourth-order valence-corrected chi connectivity index (χ4v) is 7.17. The van der Waals surface area contributed by atoms with Crippen LogP contribution in [0.3, 0.4) is 0 Å². The largest absolute Gasteiger partial charge is 0.395 e. The summed E-state index contributed by atoms with van der Waals surface area (Å²) in [4.78, 5) is 4.20. The monoisotopic (exact) mass is 624 g/mol. The molecule has 4 aromatic rings. The van der Waals surface area contributed by atoms with Crippen LogP contribution in [0.5, 0.6) is 0 Å². The summed E-state index contributed by atoms with van der Waals surface area (Å²) in [5, 5.41) is 27.3. The first kappa shape index (κ1) is 28.8. The number of aliphatic hydroxyl groups is 1. The number of anilines is 3. The molecule has 1 saturated carbocycles. The molecule has 0 atom stereocenters. The molecular weight excluding hydrogens is 590 g/mol. The number of piperidine rings is 2. The number of hydrogen-bond donors (Lipinski definition) is 2. The fraction of sp³-hybridized carbons (Fsp3) is 0.467. The summed E-state index contributed by atoms with van der Waals surface area (Å²) in [7, 11) is -3.70. The van der Waals surface area contributed by atoms with E-state index in [9.17, 15) is 17.2 Å². The van der Waals surface area contributed by atoms with Crippen molar-refractivity contribution >= 4 is 38.0 Å². The van der Waals surface area contributed by atoms with Gasteiger partial charge in [0.1, 0.15) is 11.2 Å². The van der Waals surface area contributed by atoms with E-state index in [4.69, 9.17) is 5.11 Å². The van der Waals surface area contributed by atoms with Crippen LogP contribution in [-0.4, -0.2) is 83.2 Å². The van der Waals surface area contributed by atoms with Gasteiger partial charge in [-0.15, -0.1) is 10.2 Å². The highest BCUT2D eigenvalue weighted by molar-refractivity contribution is 7.92. The van der Waals surface area contributed by atoms with Gasteiger partial charge in [0, 0.05) is 50.0 Å². The second-order valence-corrected chi connectivity index (χ2v) is 14.0. The van der Waals surface area contributed by atoms with Crippen molar-refractivity contribution in [1.29, 1.82) is 0 Å². The van der Waals surface area contributed by atoms with Gasteiger partial charge < -0.3 is 14.9 Å². The van der Waals surface area contributed by atoms with Gasteiger partial charge in [-0.05, 0) is 67.5 Å². The number of nitrogens with one attached hydrogen (secondary N) is 1. The summed E-state index contributed by atoms with van der Waals surface area (Å²) in [6.45, 7) is 1.66. The lowest BCUT2D eigenvalue weighted by molar-refractivity contribution is -0.0220. The van der Waals surface area contributed by atoms with E-state index in [-0.39, 0.29) is 31.7 Å². The minimum Gasteiger partial charge on any atom is -0.395 e. The maximum Gasteiger partial charge on any atom is 0.251 e. The van der Waals surface area contributed by atoms with Crippen LogP contribution in [0.4, 0.5) is 25.8 Å². The number of fused-ring (bicyclic) bond motifs is 1. The van der Waals surface area contributed by atoms with Crippen LogP contribution in [0.25, 0.3) is 27.8 Å². The molecule has 44 heavy (non-hydrogen) atoms. The molecule has 11 nitrogen and oxygen atoms in total. The van der Waals surface area contributed by atoms with Gasteiger partial charge in [0.05, 0.1) is 47.5 Å². The van der Waals surface area contributed by atoms with Crippen molar-refractivity contribution in [2.75, 3.05) is 53.1 Å². The molecule has 7 rings (SSSR count). The summed E-state index contributed by atoms with van der Waals surface area (Å²) < 4.78 is 56.9. The van der Waals surface area contributed by atoms with Crippen molar-refractivity contribution in [3.63, 3.8) is 0 Å². The highest BCUT2D eigenvalue weighted by Crippen LogP contribution is 2.54. The summed E-state index contributed by atoms with van der Waals surface area (Å²) in [5.74, 6) is -3.06. The molecule has 2 aromatic carbocycles. The topological polar surface area (TPSA) is 129 Å². The van der Waals surface area contributed by atoms with E-state index in [1.54, 1.807) is 16.9 Å². The number of hydrogen-bond acceptors (Lipinski definition) is 9. The Morgan fingerprint density at radius 3 is 2.32 bits per heavy atom. The molecule has 2 saturated heterocycles. The van der Waals surface area contributed by atoms with E-state index in [0.29, 0.717) is 22.3 Å². The van der Waals surface area contributed by atoms with Crippen LogP contribution in [0.2, 0.25) is 0 Å². The number of benzene rings is 2. The fourth-order valence-electron chi connectivity index (χ4n) is 6.34. The lowest BCUT2D eigenvalue weighted by Gasteiger charge is -2.35. The molecule has 0 bridgehead atoms. The Hall–Kier alpha value is -3.91. The zero-order valence-corrected chi connectivity index (χ0v) is 25.0. The normalized spacial score (nSPS) is 19.4. The second-order valence-electron chi connectivity index (χ2n) is 12.2. The maximum absolute atomic E-state index is 13.9. The Morgan fingerprint density at radius 2 is 1.59 bits per heavy atom. The molecule has 1 spiro atoms. The molecule has 1 aliphatic carbocycles. The summed E-state index contributed by atoms with van der Waals surface area (Å²) >= 11 is 0. The van der Waals surface area contributed by atoms with Gasteiger partial charge in [0.15, 0.2) is 0 Å². The molecule has 2 N–H and O–H groups in total. The molecule has 4 heterocycles. The first-order chi connectivity index (χ1) is 21.1. The molecule has 0 unspecified atom stereocenters. The van der Waals surface area contributed by atoms with E-state index in [1.165, 1.54) is 12.8 Å². The lowest BCUT2D eigenvalue weighted by atomic mass is 9.93. The van der Waals surface area contributed by atoms with Crippen molar-refractivity contribution in [2.24, 2.45) is 5.41 Å². The van der Waals surface area contributed by atoms with E-state index in [2.05, 4.69) is 30.1 Å². The van der Waals surface area contributed by atoms with Crippen LogP contribution in [0.1, 0.15) is 38.5 Å². The van der Waals surface area contributed by atoms with Crippen molar-refractivity contribution in [3.8, 4) is 16.9 Å². The summed E-state index contributed by atoms with van der Waals surface area (Å²) in [5.41, 5.74) is 5.22. The standard InChI is InChI=1S/C30H34F2N8O3S/c31-30(32)8-13-39(14-9-30)27-18-22(17-21-3-10-33-35-28(21)27)24-20-40(37-34-24)25-2-1-23(36-44(42,43)16-15-41)19-26(25)38-11-6-29(4-5-29)7-12-38/h1-3,10,17-20,36,41H,4-9,11-16H2. The van der Waals surface area contributed by atoms with E-state index < -0.39 is 22.6 Å². The molecule has 3 fully saturated rings. The highest BCUT2D eigenvalue weighted by atomic mass is 32.2. The van der Waals surface area contributed by atoms with Crippen LogP contribution in [0, 0.1) is 5.41 Å². The maximum atomic E-state index is 13.9. The molecular formula is C30H34F2N8O3S. The summed E-state index contributed by atoms with van der Waals surface area (Å²) in [6.07, 6.45) is 7.68. The van der Waals surface area contributed by atoms with Crippen LogP contribution < -0.4 is 14.5 Å². The van der Waals surface area contributed by atoms with Crippen LogP contribution in [-0.2, 0) is 10.0 Å². The Morgan fingerprint density at radius 1 is 0.864 bits per heavy atom. The van der Waals surface area contributed by atoms with Crippen molar-refractivity contribution in [1.82, 2.24) is 25.2 Å². The number of aromatic nitrogens is 5. The number of alkyl halides is 2. The first-order valence-corrected chi connectivity index (χ1v) is 16.6. The Bertz CT molecular complexity index is 1790. The highest BCUT2D eigenvalue weighted by Gasteiger charge is 2.44. The van der Waals surface area contributed by atoms with Gasteiger partial charge in [0.2, 0.25) is 10.0 Å². The molecule has 2 aliphatic heterocycles. The van der Waals surface area contributed by atoms with E-state index in [0.717, 1.165) is 53.9 Å². The third kappa shape index (κ3) is 5.80. The Labute approximate surface area is 253 Å². The second kappa shape index (κ2) is 10.9. The van der Waals surface area contributed by atoms with Gasteiger partial charge in [-0.25, -0.2) is 21.9 Å². The first-order valence-electron chi connectivity index (χ1n) is 14.9. The molecule has 14 heteroatoms. The molecule has 3 aliphatic rings. The Kier molecular flexibility index (Phi) is 7.15. The van der Waals surface area contributed by atoms with Gasteiger partial charge in [0.25, 0.3) is 5.92 Å². The van der Waals surface area contributed by atoms with Gasteiger partial charge >= 0.3 is 0 Å². The van der Waals surface area contributed by atoms with E-state index in [1.807, 2.05) is 41.4 Å². The number of aliphatic hydroxyl groups excluding tert-OH is 1. The van der Waals surface area contributed by atoms with Crippen LogP contribution >= 0.6 is 0 Å². The van der Waals surface area contributed by atoms with Crippen molar-refractivity contribution < 1.29 is 22.3 Å². The zero-order chi connectivity index (χ0) is 30.5. The van der Waals surface area contributed by atoms with Crippen molar-refractivity contribution in [3.05, 3.63) is 48.8 Å². The van der Waals surface area contributed by atoms with E-state index >= 15 is 0 Å². The average Bonchev–Trinajstić information content (AvgIpc) is 3.56. The van der Waals surface area contributed by atoms with Gasteiger partial charge in [-0.2, -0.15) is 5.10 Å². The number of rotatable bonds is 8. The molecule has 2 aromatic heterocycles. The average molecular weight is 625 g/mol. The number of sulfonamides is 1. The molecule has 0 radical (unpaired) electrons. The molecule has 232 valence electrons. The lowest BCUT2D eigenvalue weighted by Crippen LogP contribution is -2.39. The Balaban J connectivity index is 1.24. The third-order valence-corrected chi connectivity index (χ3v) is 10.5. The minimum absolute atomic E-state index is 0.212. The minimum atomic E-state index is -3.70. The van der Waals surface area contributed by atoms with Gasteiger partial charge in [-0.3, -0.25) is 4.72 Å². The third-order valence-electron chi connectivity index (χ3n) is 9.20. The quantitative estimate of drug-likeness (QED) is 0.296. The zero-order valence-electron chi connectivity index (χ0n) is 24.2. The predicted octanol–water partition coefficient (Wildman–Crippen LogP) is 4.23. The van der Waals surface area contributed by atoms with Crippen molar-refractivity contribution in [2.45, 2.75) is 44.4 Å². The summed E-state index contributed by atoms with van der Waals surface area (Å²) in [6, 6.07) is 11.0. The number of halogens is 2. The smallest absolute Gasteiger partial charge is 0.251 e. The molecule has 0 amide bonds. The predicted molar refractivity (Wildman–Crippen MR) is 164 cm³/mol.